The van der Waals surface area contributed by atoms with E-state index in [4.69, 9.17) is 18.4 Å². The first-order valence-corrected chi connectivity index (χ1v) is 11.4. The first kappa shape index (κ1) is 21.2. The molecule has 5 rings (SSSR count). The third kappa shape index (κ3) is 3.63. The van der Waals surface area contributed by atoms with Crippen LogP contribution in [0, 0.1) is 6.92 Å². The zero-order valence-electron chi connectivity index (χ0n) is 17.6. The third-order valence-electron chi connectivity index (χ3n) is 5.46. The summed E-state index contributed by atoms with van der Waals surface area (Å²) in [4.78, 5) is 22.9. The Balaban J connectivity index is 1.42. The molecule has 2 fully saturated rings. The van der Waals surface area contributed by atoms with Crippen molar-refractivity contribution in [3.63, 3.8) is 0 Å². The minimum atomic E-state index is -3.99. The second-order valence-electron chi connectivity index (χ2n) is 8.24. The summed E-state index contributed by atoms with van der Waals surface area (Å²) in [6.45, 7) is 5.12. The number of nitrogens with one attached hydrogen (secondary N) is 1. The third-order valence-corrected chi connectivity index (χ3v) is 6.76. The minimum Gasteiger partial charge on any atom is -0.347 e. The average Bonchev–Trinajstić information content (AvgIpc) is 3.38. The fourth-order valence-electron chi connectivity index (χ4n) is 4.00. The van der Waals surface area contributed by atoms with Crippen LogP contribution in [0.5, 0.6) is 0 Å². The van der Waals surface area contributed by atoms with Gasteiger partial charge < -0.3 is 19.2 Å². The van der Waals surface area contributed by atoms with Crippen LogP contribution < -0.4 is 5.56 Å². The van der Waals surface area contributed by atoms with Crippen molar-refractivity contribution in [1.82, 2.24) is 19.5 Å². The Morgan fingerprint density at radius 1 is 1.16 bits per heavy atom. The molecule has 0 bridgehead atoms. The topological polar surface area (TPSA) is 135 Å². The lowest BCUT2D eigenvalue weighted by Crippen LogP contribution is -2.33. The van der Waals surface area contributed by atoms with Gasteiger partial charge in [-0.1, -0.05) is 17.7 Å². The van der Waals surface area contributed by atoms with Crippen LogP contribution in [-0.4, -0.2) is 58.6 Å². The van der Waals surface area contributed by atoms with Crippen LogP contribution in [0.25, 0.3) is 11.2 Å². The molecule has 32 heavy (non-hydrogen) atoms. The van der Waals surface area contributed by atoms with Gasteiger partial charge in [0.2, 0.25) is 0 Å². The highest BCUT2D eigenvalue weighted by Crippen LogP contribution is 2.43. The largest absolute Gasteiger partial charge is 0.347 e. The van der Waals surface area contributed by atoms with E-state index in [0.29, 0.717) is 5.65 Å². The molecule has 0 spiro atoms. The van der Waals surface area contributed by atoms with Crippen LogP contribution in [-0.2, 0) is 28.5 Å². The number of fused-ring (bicyclic) bond motifs is 2. The Hall–Kier alpha value is -2.64. The highest BCUT2D eigenvalue weighted by atomic mass is 32.2. The Bertz CT molecular complexity index is 1320. The fraction of sp³-hybridized carbons (Fsp3) is 0.450. The lowest BCUT2D eigenvalue weighted by Gasteiger charge is -2.24. The Morgan fingerprint density at radius 3 is 2.62 bits per heavy atom. The monoisotopic (exact) mass is 462 g/mol. The summed E-state index contributed by atoms with van der Waals surface area (Å²) in [5.74, 6) is -0.910. The van der Waals surface area contributed by atoms with Crippen molar-refractivity contribution in [3.05, 3.63) is 52.8 Å². The number of aryl methyl sites for hydroxylation is 1. The number of nitrogens with zero attached hydrogens (tertiary/aromatic N) is 3. The molecule has 2 aromatic heterocycles. The van der Waals surface area contributed by atoms with Crippen molar-refractivity contribution < 1.29 is 26.8 Å². The van der Waals surface area contributed by atoms with E-state index in [1.54, 1.807) is 30.5 Å². The number of rotatable bonds is 5. The molecule has 0 saturated carbocycles. The normalized spacial score (nSPS) is 27.1. The summed E-state index contributed by atoms with van der Waals surface area (Å²) in [5.41, 5.74) is 1.04. The smallest absolute Gasteiger partial charge is 0.297 e. The van der Waals surface area contributed by atoms with E-state index in [1.807, 2.05) is 6.92 Å². The van der Waals surface area contributed by atoms with Gasteiger partial charge in [0, 0.05) is 0 Å². The van der Waals surface area contributed by atoms with Crippen LogP contribution in [0.1, 0.15) is 25.6 Å². The zero-order chi connectivity index (χ0) is 22.7. The number of benzene rings is 1. The van der Waals surface area contributed by atoms with Gasteiger partial charge in [-0.25, -0.2) is 9.97 Å². The van der Waals surface area contributed by atoms with Crippen molar-refractivity contribution in [2.75, 3.05) is 6.61 Å². The lowest BCUT2D eigenvalue weighted by atomic mass is 10.1. The van der Waals surface area contributed by atoms with Gasteiger partial charge in [0.05, 0.1) is 24.2 Å². The molecule has 0 unspecified atom stereocenters. The molecule has 2 aliphatic heterocycles. The van der Waals surface area contributed by atoms with Crippen molar-refractivity contribution in [2.45, 2.75) is 56.0 Å². The van der Waals surface area contributed by atoms with E-state index >= 15 is 0 Å². The molecule has 4 atom stereocenters. The van der Waals surface area contributed by atoms with Crippen LogP contribution in [0.2, 0.25) is 0 Å². The maximum atomic E-state index is 12.6. The maximum Gasteiger partial charge on any atom is 0.297 e. The van der Waals surface area contributed by atoms with Gasteiger partial charge in [-0.2, -0.15) is 8.42 Å². The van der Waals surface area contributed by atoms with Gasteiger partial charge in [0.1, 0.15) is 18.3 Å². The molecule has 11 nitrogen and oxygen atoms in total. The summed E-state index contributed by atoms with van der Waals surface area (Å²) in [6.07, 6.45) is 0.0558. The molecule has 4 heterocycles. The number of aromatic nitrogens is 4. The van der Waals surface area contributed by atoms with Crippen molar-refractivity contribution >= 4 is 21.3 Å². The van der Waals surface area contributed by atoms with Crippen LogP contribution in [0.15, 0.2) is 46.6 Å². The van der Waals surface area contributed by atoms with Gasteiger partial charge in [-0.3, -0.25) is 13.5 Å². The lowest BCUT2D eigenvalue weighted by molar-refractivity contribution is -0.198. The number of hydrogen-bond donors (Lipinski definition) is 1. The number of aromatic amines is 1. The van der Waals surface area contributed by atoms with E-state index in [-0.39, 0.29) is 22.6 Å². The Morgan fingerprint density at radius 2 is 1.88 bits per heavy atom. The van der Waals surface area contributed by atoms with E-state index < -0.39 is 40.4 Å². The van der Waals surface area contributed by atoms with E-state index in [9.17, 15) is 13.2 Å². The highest BCUT2D eigenvalue weighted by molar-refractivity contribution is 7.86. The van der Waals surface area contributed by atoms with Crippen LogP contribution in [0.4, 0.5) is 0 Å². The molecule has 1 aromatic carbocycles. The summed E-state index contributed by atoms with van der Waals surface area (Å²) >= 11 is 0. The average molecular weight is 462 g/mol. The summed E-state index contributed by atoms with van der Waals surface area (Å²) in [5, 5.41) is 0. The van der Waals surface area contributed by atoms with E-state index in [1.165, 1.54) is 24.8 Å². The van der Waals surface area contributed by atoms with Crippen LogP contribution >= 0.6 is 0 Å². The molecule has 0 amide bonds. The molecule has 0 radical (unpaired) electrons. The second kappa shape index (κ2) is 7.46. The van der Waals surface area contributed by atoms with Gasteiger partial charge in [0.15, 0.2) is 23.2 Å². The predicted octanol–water partition coefficient (Wildman–Crippen LogP) is 1.25. The Kier molecular flexibility index (Phi) is 4.94. The SMILES string of the molecule is Cc1ccc(S(=O)(=O)OC[C@@H]2O[C@@H](n3cnc4c(=O)[nH]cnc43)[C@H]3OC(C)(C)O[C@H]32)cc1. The van der Waals surface area contributed by atoms with Gasteiger partial charge in [0.25, 0.3) is 15.7 Å². The van der Waals surface area contributed by atoms with E-state index in [0.717, 1.165) is 5.56 Å². The predicted molar refractivity (Wildman–Crippen MR) is 110 cm³/mol. The molecule has 3 aromatic rings. The minimum absolute atomic E-state index is 0.0575. The van der Waals surface area contributed by atoms with Gasteiger partial charge in [-0.05, 0) is 32.9 Å². The zero-order valence-corrected chi connectivity index (χ0v) is 18.4. The molecule has 12 heteroatoms. The second-order valence-corrected chi connectivity index (χ2v) is 9.85. The van der Waals surface area contributed by atoms with Crippen molar-refractivity contribution in [1.29, 1.82) is 0 Å². The van der Waals surface area contributed by atoms with Gasteiger partial charge >= 0.3 is 0 Å². The number of hydrogen-bond acceptors (Lipinski definition) is 9. The highest BCUT2D eigenvalue weighted by Gasteiger charge is 2.56. The standard InChI is InChI=1S/C20H22N4O7S/c1-11-4-6-12(7-5-11)32(26,27)28-8-13-15-16(31-20(2,3)30-15)19(29-13)24-10-23-14-17(24)21-9-22-18(14)25/h4-7,9-10,13,15-16,19H,8H2,1-3H3,(H,21,22,25)/t13-,15-,16-,19+/m0/s1. The van der Waals surface area contributed by atoms with Crippen molar-refractivity contribution in [3.8, 4) is 0 Å². The first-order valence-electron chi connectivity index (χ1n) is 10.0. The molecule has 1 N–H and O–H groups in total. The van der Waals surface area contributed by atoms with Gasteiger partial charge in [-0.15, -0.1) is 0 Å². The molecule has 170 valence electrons. The fourth-order valence-corrected chi connectivity index (χ4v) is 4.91. The number of H-pyrrole nitrogens is 1. The summed E-state index contributed by atoms with van der Waals surface area (Å²) < 4.78 is 50.3. The summed E-state index contributed by atoms with van der Waals surface area (Å²) in [6, 6.07) is 6.38. The molecular formula is C20H22N4O7S. The molecule has 0 aliphatic carbocycles. The molecule has 2 saturated heterocycles. The molecular weight excluding hydrogens is 440 g/mol. The maximum absolute atomic E-state index is 12.6. The quantitative estimate of drug-likeness (QED) is 0.556. The number of imidazole rings is 1. The molecule has 2 aliphatic rings. The summed E-state index contributed by atoms with van der Waals surface area (Å²) in [7, 11) is -3.99. The Labute approximate surface area is 183 Å². The van der Waals surface area contributed by atoms with Crippen molar-refractivity contribution in [2.24, 2.45) is 0 Å². The van der Waals surface area contributed by atoms with Crippen LogP contribution in [0.3, 0.4) is 0 Å². The van der Waals surface area contributed by atoms with E-state index in [2.05, 4.69) is 15.0 Å². The number of ether oxygens (including phenoxy) is 3. The first-order chi connectivity index (χ1) is 15.1.